The van der Waals surface area contributed by atoms with Crippen molar-refractivity contribution in [2.75, 3.05) is 6.61 Å². The molecule has 0 spiro atoms. The fourth-order valence-electron chi connectivity index (χ4n) is 1.43. The Kier molecular flexibility index (Phi) is 2.63. The topological polar surface area (TPSA) is 39.2 Å². The maximum absolute atomic E-state index is 10.6. The fourth-order valence-corrected chi connectivity index (χ4v) is 1.43. The van der Waals surface area contributed by atoms with Gasteiger partial charge in [-0.15, -0.1) is 0 Å². The third-order valence-electron chi connectivity index (χ3n) is 2.12. The molecule has 0 aliphatic rings. The smallest absolute Gasteiger partial charge is 0.213 e. The normalized spacial score (nSPS) is 10.2. The number of carbonyl (C=O) groups is 1. The first-order chi connectivity index (χ1) is 7.33. The first-order valence-electron chi connectivity index (χ1n) is 4.82. The van der Waals surface area contributed by atoms with Crippen molar-refractivity contribution in [1.29, 1.82) is 0 Å². The summed E-state index contributed by atoms with van der Waals surface area (Å²) in [5.41, 5.74) is 1.50. The van der Waals surface area contributed by atoms with E-state index in [0.717, 1.165) is 17.2 Å². The van der Waals surface area contributed by atoms with Crippen molar-refractivity contribution < 1.29 is 9.53 Å². The van der Waals surface area contributed by atoms with Crippen LogP contribution < -0.4 is 4.74 Å². The van der Waals surface area contributed by atoms with Crippen LogP contribution in [0.2, 0.25) is 0 Å². The highest BCUT2D eigenvalue weighted by Crippen LogP contribution is 2.17. The second-order valence-corrected chi connectivity index (χ2v) is 3.15. The summed E-state index contributed by atoms with van der Waals surface area (Å²) < 4.78 is 5.29. The number of fused-ring (bicyclic) bond motifs is 1. The highest BCUT2D eigenvalue weighted by Gasteiger charge is 1.99. The number of benzene rings is 1. The molecule has 0 saturated carbocycles. The highest BCUT2D eigenvalue weighted by molar-refractivity contribution is 5.86. The van der Waals surface area contributed by atoms with E-state index in [1.165, 1.54) is 0 Å². The van der Waals surface area contributed by atoms with E-state index < -0.39 is 0 Å². The molecule has 15 heavy (non-hydrogen) atoms. The molecule has 0 aliphatic carbocycles. The van der Waals surface area contributed by atoms with Gasteiger partial charge in [-0.1, -0.05) is 0 Å². The predicted molar refractivity (Wildman–Crippen MR) is 58.3 cm³/mol. The van der Waals surface area contributed by atoms with E-state index in [-0.39, 0.29) is 0 Å². The van der Waals surface area contributed by atoms with E-state index in [4.69, 9.17) is 4.74 Å². The first-order valence-corrected chi connectivity index (χ1v) is 4.82. The molecule has 76 valence electrons. The lowest BCUT2D eigenvalue weighted by atomic mass is 10.1. The molecule has 0 radical (unpaired) electrons. The SMILES string of the molecule is CCOc1ccc2cc(C=O)ccc2n1. The largest absolute Gasteiger partial charge is 0.478 e. The van der Waals surface area contributed by atoms with Gasteiger partial charge in [-0.2, -0.15) is 0 Å². The van der Waals surface area contributed by atoms with Crippen LogP contribution in [-0.2, 0) is 0 Å². The summed E-state index contributed by atoms with van der Waals surface area (Å²) in [6.07, 6.45) is 0.829. The first kappa shape index (κ1) is 9.65. The lowest BCUT2D eigenvalue weighted by molar-refractivity contribution is 0.112. The summed E-state index contributed by atoms with van der Waals surface area (Å²) in [6.45, 7) is 2.52. The molecule has 1 aromatic heterocycles. The number of aldehydes is 1. The molecule has 1 aromatic carbocycles. The van der Waals surface area contributed by atoms with Gasteiger partial charge in [0.05, 0.1) is 12.1 Å². The average molecular weight is 201 g/mol. The van der Waals surface area contributed by atoms with Gasteiger partial charge >= 0.3 is 0 Å². The highest BCUT2D eigenvalue weighted by atomic mass is 16.5. The van der Waals surface area contributed by atoms with E-state index in [9.17, 15) is 4.79 Å². The minimum atomic E-state index is 0.602. The second-order valence-electron chi connectivity index (χ2n) is 3.15. The van der Waals surface area contributed by atoms with Gasteiger partial charge in [-0.3, -0.25) is 4.79 Å². The Morgan fingerprint density at radius 1 is 1.33 bits per heavy atom. The Balaban J connectivity index is 2.49. The zero-order chi connectivity index (χ0) is 10.7. The van der Waals surface area contributed by atoms with E-state index in [0.29, 0.717) is 18.1 Å². The number of nitrogens with zero attached hydrogens (tertiary/aromatic N) is 1. The van der Waals surface area contributed by atoms with Crippen molar-refractivity contribution in [1.82, 2.24) is 4.98 Å². The van der Waals surface area contributed by atoms with Gasteiger partial charge in [0.1, 0.15) is 6.29 Å². The van der Waals surface area contributed by atoms with Crippen molar-refractivity contribution in [2.24, 2.45) is 0 Å². The van der Waals surface area contributed by atoms with Crippen LogP contribution in [-0.4, -0.2) is 17.9 Å². The van der Waals surface area contributed by atoms with Crippen molar-refractivity contribution in [2.45, 2.75) is 6.92 Å². The molecule has 0 bridgehead atoms. The van der Waals surface area contributed by atoms with Gasteiger partial charge in [0.25, 0.3) is 0 Å². The number of hydrogen-bond donors (Lipinski definition) is 0. The van der Waals surface area contributed by atoms with Crippen LogP contribution >= 0.6 is 0 Å². The molecular formula is C12H11NO2. The number of aromatic nitrogens is 1. The van der Waals surface area contributed by atoms with E-state index in [1.807, 2.05) is 25.1 Å². The molecule has 0 amide bonds. The van der Waals surface area contributed by atoms with Crippen molar-refractivity contribution in [3.8, 4) is 5.88 Å². The second kappa shape index (κ2) is 4.09. The summed E-state index contributed by atoms with van der Waals surface area (Å²) >= 11 is 0. The van der Waals surface area contributed by atoms with Crippen LogP contribution in [0.3, 0.4) is 0 Å². The molecule has 2 rings (SSSR count). The fraction of sp³-hybridized carbons (Fsp3) is 0.167. The standard InChI is InChI=1S/C12H11NO2/c1-2-15-12-6-4-10-7-9(8-14)3-5-11(10)13-12/h3-8H,2H2,1H3. The van der Waals surface area contributed by atoms with Crippen LogP contribution in [0.1, 0.15) is 17.3 Å². The average Bonchev–Trinajstić information content (AvgIpc) is 2.29. The Bertz CT molecular complexity index is 494. The maximum Gasteiger partial charge on any atom is 0.213 e. The van der Waals surface area contributed by atoms with Gasteiger partial charge < -0.3 is 4.74 Å². The van der Waals surface area contributed by atoms with Gasteiger partial charge in [0.15, 0.2) is 0 Å². The lowest BCUT2D eigenvalue weighted by Gasteiger charge is -2.03. The quantitative estimate of drug-likeness (QED) is 0.716. The monoisotopic (exact) mass is 201 g/mol. The molecule has 0 aliphatic heterocycles. The molecular weight excluding hydrogens is 190 g/mol. The predicted octanol–water partition coefficient (Wildman–Crippen LogP) is 2.45. The molecule has 0 N–H and O–H groups in total. The van der Waals surface area contributed by atoms with Crippen LogP contribution in [0.4, 0.5) is 0 Å². The molecule has 0 fully saturated rings. The zero-order valence-corrected chi connectivity index (χ0v) is 8.43. The van der Waals surface area contributed by atoms with Crippen LogP contribution in [0.15, 0.2) is 30.3 Å². The van der Waals surface area contributed by atoms with Crippen LogP contribution in [0, 0.1) is 0 Å². The summed E-state index contributed by atoms with van der Waals surface area (Å²) in [5.74, 6) is 0.615. The minimum absolute atomic E-state index is 0.602. The van der Waals surface area contributed by atoms with Crippen molar-refractivity contribution >= 4 is 17.2 Å². The van der Waals surface area contributed by atoms with E-state index >= 15 is 0 Å². The van der Waals surface area contributed by atoms with E-state index in [1.54, 1.807) is 12.1 Å². The molecule has 0 unspecified atom stereocenters. The Morgan fingerprint density at radius 2 is 2.20 bits per heavy atom. The van der Waals surface area contributed by atoms with Gasteiger partial charge in [0, 0.05) is 17.0 Å². The maximum atomic E-state index is 10.6. The summed E-state index contributed by atoms with van der Waals surface area (Å²) in [4.78, 5) is 14.9. The summed E-state index contributed by atoms with van der Waals surface area (Å²) in [6, 6.07) is 9.09. The van der Waals surface area contributed by atoms with Gasteiger partial charge in [-0.05, 0) is 31.2 Å². The number of carbonyl (C=O) groups excluding carboxylic acids is 1. The molecule has 0 saturated heterocycles. The van der Waals surface area contributed by atoms with E-state index in [2.05, 4.69) is 4.98 Å². The molecule has 2 aromatic rings. The summed E-state index contributed by atoms with van der Waals surface area (Å²) in [7, 11) is 0. The van der Waals surface area contributed by atoms with Crippen molar-refractivity contribution in [3.05, 3.63) is 35.9 Å². The molecule has 0 atom stereocenters. The van der Waals surface area contributed by atoms with Crippen LogP contribution in [0.5, 0.6) is 5.88 Å². The Hall–Kier alpha value is -1.90. The minimum Gasteiger partial charge on any atom is -0.478 e. The number of pyridine rings is 1. The van der Waals surface area contributed by atoms with Gasteiger partial charge in [-0.25, -0.2) is 4.98 Å². The number of rotatable bonds is 3. The summed E-state index contributed by atoms with van der Waals surface area (Å²) in [5, 5.41) is 0.947. The third-order valence-corrected chi connectivity index (χ3v) is 2.12. The molecule has 1 heterocycles. The Morgan fingerprint density at radius 3 is 2.93 bits per heavy atom. The zero-order valence-electron chi connectivity index (χ0n) is 8.43. The van der Waals surface area contributed by atoms with Crippen molar-refractivity contribution in [3.63, 3.8) is 0 Å². The molecule has 3 heteroatoms. The molecule has 3 nitrogen and oxygen atoms in total. The Labute approximate surface area is 87.7 Å². The number of hydrogen-bond acceptors (Lipinski definition) is 3. The van der Waals surface area contributed by atoms with Crippen LogP contribution in [0.25, 0.3) is 10.9 Å². The third kappa shape index (κ3) is 1.96. The number of ether oxygens (including phenoxy) is 1. The van der Waals surface area contributed by atoms with Gasteiger partial charge in [0.2, 0.25) is 5.88 Å². The lowest BCUT2D eigenvalue weighted by Crippen LogP contribution is -1.94.